The van der Waals surface area contributed by atoms with Crippen LogP contribution in [-0.4, -0.2) is 34.6 Å². The van der Waals surface area contributed by atoms with Crippen LogP contribution in [0.5, 0.6) is 0 Å². The zero-order valence-corrected chi connectivity index (χ0v) is 16.1. The van der Waals surface area contributed by atoms with E-state index in [1.54, 1.807) is 11.3 Å². The average Bonchev–Trinajstić information content (AvgIpc) is 3.19. The molecule has 8 heteroatoms. The third-order valence-corrected chi connectivity index (χ3v) is 6.07. The van der Waals surface area contributed by atoms with Crippen molar-refractivity contribution in [1.29, 1.82) is 0 Å². The zero-order valence-electron chi connectivity index (χ0n) is 15.3. The first-order valence-electron chi connectivity index (χ1n) is 9.33. The summed E-state index contributed by atoms with van der Waals surface area (Å²) in [6.45, 7) is 0. The molecule has 0 bridgehead atoms. The molecule has 0 amide bonds. The highest BCUT2D eigenvalue weighted by Crippen LogP contribution is 2.44. The maximum absolute atomic E-state index is 4.83. The van der Waals surface area contributed by atoms with Gasteiger partial charge in [0.05, 0.1) is 16.8 Å². The monoisotopic (exact) mass is 387 g/mol. The van der Waals surface area contributed by atoms with Crippen LogP contribution in [-0.2, 0) is 13.5 Å². The Balaban J connectivity index is 1.38. The van der Waals surface area contributed by atoms with Crippen molar-refractivity contribution >= 4 is 27.2 Å². The van der Waals surface area contributed by atoms with Crippen LogP contribution < -0.4 is 0 Å². The average molecular weight is 387 g/mol. The molecule has 0 aliphatic heterocycles. The van der Waals surface area contributed by atoms with Gasteiger partial charge in [-0.2, -0.15) is 14.7 Å². The van der Waals surface area contributed by atoms with Crippen LogP contribution in [0.1, 0.15) is 35.8 Å². The number of pyridine rings is 1. The lowest BCUT2D eigenvalue weighted by Gasteiger charge is -2.01. The van der Waals surface area contributed by atoms with Crippen molar-refractivity contribution in [1.82, 2.24) is 34.6 Å². The molecule has 0 unspecified atom stereocenters. The van der Waals surface area contributed by atoms with Gasteiger partial charge in [0.1, 0.15) is 0 Å². The molecule has 0 N–H and O–H groups in total. The SMILES string of the molecule is Cn1cc(-c2nn3c(Cc4ccc5ncccc5c4)nnc3s2)c(C2CC2)n1. The van der Waals surface area contributed by atoms with Gasteiger partial charge in [0, 0.05) is 37.2 Å². The normalized spacial score (nSPS) is 14.3. The van der Waals surface area contributed by atoms with Gasteiger partial charge in [-0.1, -0.05) is 23.5 Å². The summed E-state index contributed by atoms with van der Waals surface area (Å²) in [5.74, 6) is 1.42. The lowest BCUT2D eigenvalue weighted by molar-refractivity contribution is 0.744. The van der Waals surface area contributed by atoms with E-state index in [0.29, 0.717) is 12.3 Å². The van der Waals surface area contributed by atoms with Crippen molar-refractivity contribution in [3.05, 3.63) is 59.8 Å². The number of aryl methyl sites for hydroxylation is 1. The molecule has 0 radical (unpaired) electrons. The second-order valence-electron chi connectivity index (χ2n) is 7.30. The minimum absolute atomic E-state index is 0.580. The van der Waals surface area contributed by atoms with Gasteiger partial charge < -0.3 is 0 Å². The van der Waals surface area contributed by atoms with Crippen molar-refractivity contribution in [2.75, 3.05) is 0 Å². The Morgan fingerprint density at radius 2 is 2.07 bits per heavy atom. The van der Waals surface area contributed by atoms with Gasteiger partial charge in [-0.05, 0) is 36.6 Å². The number of nitrogens with zero attached hydrogens (tertiary/aromatic N) is 7. The van der Waals surface area contributed by atoms with E-state index >= 15 is 0 Å². The van der Waals surface area contributed by atoms with Crippen molar-refractivity contribution in [2.45, 2.75) is 25.2 Å². The summed E-state index contributed by atoms with van der Waals surface area (Å²) >= 11 is 1.57. The summed E-state index contributed by atoms with van der Waals surface area (Å²) in [5, 5.41) is 20.3. The van der Waals surface area contributed by atoms with Gasteiger partial charge in [0.25, 0.3) is 0 Å². The second-order valence-corrected chi connectivity index (χ2v) is 8.26. The van der Waals surface area contributed by atoms with Gasteiger partial charge in [0.2, 0.25) is 4.96 Å². The third kappa shape index (κ3) is 2.60. The molecule has 6 rings (SSSR count). The first-order chi connectivity index (χ1) is 13.7. The molecule has 4 heterocycles. The summed E-state index contributed by atoms with van der Waals surface area (Å²) < 4.78 is 3.76. The molecule has 0 saturated heterocycles. The molecule has 28 heavy (non-hydrogen) atoms. The molecule has 138 valence electrons. The molecule has 1 aliphatic rings. The van der Waals surface area contributed by atoms with Crippen LogP contribution in [0.2, 0.25) is 0 Å². The first kappa shape index (κ1) is 15.9. The van der Waals surface area contributed by atoms with E-state index in [4.69, 9.17) is 5.10 Å². The maximum atomic E-state index is 4.83. The van der Waals surface area contributed by atoms with Gasteiger partial charge in [0.15, 0.2) is 10.8 Å². The van der Waals surface area contributed by atoms with Crippen molar-refractivity contribution in [3.8, 4) is 10.6 Å². The van der Waals surface area contributed by atoms with E-state index in [1.807, 2.05) is 34.6 Å². The molecular weight excluding hydrogens is 370 g/mol. The van der Waals surface area contributed by atoms with E-state index in [-0.39, 0.29) is 0 Å². The predicted molar refractivity (Wildman–Crippen MR) is 107 cm³/mol. The fourth-order valence-corrected chi connectivity index (χ4v) is 4.50. The van der Waals surface area contributed by atoms with E-state index in [0.717, 1.165) is 38.0 Å². The fraction of sp³-hybridized carbons (Fsp3) is 0.250. The first-order valence-corrected chi connectivity index (χ1v) is 10.1. The largest absolute Gasteiger partial charge is 0.275 e. The highest BCUT2D eigenvalue weighted by molar-refractivity contribution is 7.19. The number of benzene rings is 1. The Bertz CT molecular complexity index is 1330. The minimum Gasteiger partial charge on any atom is -0.275 e. The lowest BCUT2D eigenvalue weighted by Crippen LogP contribution is -1.98. The Morgan fingerprint density at radius 3 is 2.96 bits per heavy atom. The molecule has 1 aliphatic carbocycles. The Hall–Kier alpha value is -3.13. The van der Waals surface area contributed by atoms with Crippen LogP contribution in [0, 0.1) is 0 Å². The Morgan fingerprint density at radius 1 is 1.14 bits per heavy atom. The highest BCUT2D eigenvalue weighted by atomic mass is 32.1. The van der Waals surface area contributed by atoms with Crippen LogP contribution in [0.15, 0.2) is 42.7 Å². The van der Waals surface area contributed by atoms with Crippen molar-refractivity contribution < 1.29 is 0 Å². The molecule has 0 spiro atoms. The molecular formula is C20H17N7S. The fourth-order valence-electron chi connectivity index (χ4n) is 3.62. The number of rotatable bonds is 4. The van der Waals surface area contributed by atoms with Crippen LogP contribution in [0.3, 0.4) is 0 Å². The van der Waals surface area contributed by atoms with Gasteiger partial charge in [-0.25, -0.2) is 0 Å². The number of fused-ring (bicyclic) bond motifs is 2. The minimum atomic E-state index is 0.580. The smallest absolute Gasteiger partial charge is 0.234 e. The highest BCUT2D eigenvalue weighted by Gasteiger charge is 2.30. The summed E-state index contributed by atoms with van der Waals surface area (Å²) in [6, 6.07) is 10.3. The zero-order chi connectivity index (χ0) is 18.7. The van der Waals surface area contributed by atoms with E-state index in [2.05, 4.69) is 44.7 Å². The number of hydrogen-bond acceptors (Lipinski definition) is 6. The molecule has 4 aromatic heterocycles. The summed E-state index contributed by atoms with van der Waals surface area (Å²) in [7, 11) is 1.97. The lowest BCUT2D eigenvalue weighted by atomic mass is 10.1. The predicted octanol–water partition coefficient (Wildman–Crippen LogP) is 3.60. The summed E-state index contributed by atoms with van der Waals surface area (Å²) in [6.07, 6.45) is 6.99. The van der Waals surface area contributed by atoms with Crippen LogP contribution in [0.4, 0.5) is 0 Å². The van der Waals surface area contributed by atoms with Gasteiger partial charge in [-0.15, -0.1) is 10.2 Å². The van der Waals surface area contributed by atoms with Crippen LogP contribution in [0.25, 0.3) is 26.4 Å². The number of aromatic nitrogens is 7. The Labute approximate surface area is 164 Å². The third-order valence-electron chi connectivity index (χ3n) is 5.14. The Kier molecular flexibility index (Phi) is 3.37. The van der Waals surface area contributed by atoms with Crippen molar-refractivity contribution in [2.24, 2.45) is 7.05 Å². The quantitative estimate of drug-likeness (QED) is 0.471. The van der Waals surface area contributed by atoms with Gasteiger partial charge >= 0.3 is 0 Å². The molecule has 1 saturated carbocycles. The van der Waals surface area contributed by atoms with Crippen molar-refractivity contribution in [3.63, 3.8) is 0 Å². The molecule has 0 atom stereocenters. The maximum Gasteiger partial charge on any atom is 0.234 e. The number of hydrogen-bond donors (Lipinski definition) is 0. The van der Waals surface area contributed by atoms with E-state index in [9.17, 15) is 0 Å². The van der Waals surface area contributed by atoms with E-state index < -0.39 is 0 Å². The topological polar surface area (TPSA) is 73.8 Å². The summed E-state index contributed by atoms with van der Waals surface area (Å²) in [5.41, 5.74) is 4.46. The standard InChI is InChI=1S/C20H17N7S/c1-26-11-15(18(24-26)13-5-6-13)19-25-27-17(22-23-20(27)28-19)10-12-4-7-16-14(9-12)3-2-8-21-16/h2-4,7-9,11,13H,5-6,10H2,1H3. The second kappa shape index (κ2) is 5.93. The van der Waals surface area contributed by atoms with Crippen LogP contribution >= 0.6 is 11.3 Å². The van der Waals surface area contributed by atoms with Gasteiger partial charge in [-0.3, -0.25) is 9.67 Å². The van der Waals surface area contributed by atoms with E-state index in [1.165, 1.54) is 18.4 Å². The molecule has 1 fully saturated rings. The summed E-state index contributed by atoms with van der Waals surface area (Å²) in [4.78, 5) is 5.20. The molecule has 5 aromatic rings. The molecule has 7 nitrogen and oxygen atoms in total. The molecule has 1 aromatic carbocycles.